The Balaban J connectivity index is 1.90. The number of carbonyl (C=O) groups excluding carboxylic acids is 1. The molecule has 0 saturated carbocycles. The Labute approximate surface area is 120 Å². The number of rotatable bonds is 2. The third-order valence-corrected chi connectivity index (χ3v) is 3.01. The van der Waals surface area contributed by atoms with Crippen LogP contribution in [0.2, 0.25) is 5.02 Å². The van der Waals surface area contributed by atoms with Crippen LogP contribution in [0.15, 0.2) is 54.7 Å². The summed E-state index contributed by atoms with van der Waals surface area (Å²) < 4.78 is 0. The van der Waals surface area contributed by atoms with Gasteiger partial charge in [0.25, 0.3) is 5.91 Å². The van der Waals surface area contributed by atoms with Crippen molar-refractivity contribution in [1.29, 1.82) is 0 Å². The van der Waals surface area contributed by atoms with Gasteiger partial charge in [-0.3, -0.25) is 4.79 Å². The van der Waals surface area contributed by atoms with Gasteiger partial charge in [-0.2, -0.15) is 0 Å². The Morgan fingerprint density at radius 3 is 2.70 bits per heavy atom. The molecule has 1 heterocycles. The van der Waals surface area contributed by atoms with Crippen molar-refractivity contribution in [3.8, 4) is 0 Å². The van der Waals surface area contributed by atoms with Gasteiger partial charge in [-0.1, -0.05) is 29.8 Å². The summed E-state index contributed by atoms with van der Waals surface area (Å²) in [7, 11) is 0. The first-order chi connectivity index (χ1) is 9.72. The molecule has 4 nitrogen and oxygen atoms in total. The van der Waals surface area contributed by atoms with E-state index in [1.807, 2.05) is 18.2 Å². The van der Waals surface area contributed by atoms with E-state index in [0.29, 0.717) is 16.2 Å². The van der Waals surface area contributed by atoms with Crippen LogP contribution in [0.1, 0.15) is 10.6 Å². The van der Waals surface area contributed by atoms with Gasteiger partial charge in [0.1, 0.15) is 0 Å². The topological polar surface area (TPSA) is 54.9 Å². The highest BCUT2D eigenvalue weighted by Crippen LogP contribution is 2.17. The minimum atomic E-state index is -0.340. The van der Waals surface area contributed by atoms with Gasteiger partial charge in [-0.25, -0.2) is 9.97 Å². The molecule has 0 aliphatic carbocycles. The van der Waals surface area contributed by atoms with Gasteiger partial charge in [0.15, 0.2) is 0 Å². The molecule has 3 aromatic rings. The van der Waals surface area contributed by atoms with Gasteiger partial charge < -0.3 is 5.32 Å². The fourth-order valence-corrected chi connectivity index (χ4v) is 2.00. The maximum absolute atomic E-state index is 12.1. The molecule has 0 fully saturated rings. The second-order valence-electron chi connectivity index (χ2n) is 4.22. The van der Waals surface area contributed by atoms with Crippen LogP contribution in [0.25, 0.3) is 10.9 Å². The number of amides is 1. The summed E-state index contributed by atoms with van der Waals surface area (Å²) in [6.45, 7) is 0. The standard InChI is InChI=1S/C15H10ClN3O/c16-11-6-7-13-10(8-11)9-17-14(19-13)15(20)18-12-4-2-1-3-5-12/h1-9H,(H,18,20). The summed E-state index contributed by atoms with van der Waals surface area (Å²) in [6.07, 6.45) is 1.59. The highest BCUT2D eigenvalue weighted by atomic mass is 35.5. The Hall–Kier alpha value is -2.46. The quantitative estimate of drug-likeness (QED) is 0.783. The number of hydrogen-bond donors (Lipinski definition) is 1. The van der Waals surface area contributed by atoms with E-state index in [4.69, 9.17) is 11.6 Å². The number of nitrogens with zero attached hydrogens (tertiary/aromatic N) is 2. The average Bonchev–Trinajstić information content (AvgIpc) is 2.47. The molecule has 0 atom stereocenters. The smallest absolute Gasteiger partial charge is 0.293 e. The fraction of sp³-hybridized carbons (Fsp3) is 0. The van der Waals surface area contributed by atoms with Gasteiger partial charge >= 0.3 is 0 Å². The van der Waals surface area contributed by atoms with Crippen LogP contribution in [0.4, 0.5) is 5.69 Å². The molecule has 0 aliphatic rings. The molecule has 2 aromatic carbocycles. The highest BCUT2D eigenvalue weighted by molar-refractivity contribution is 6.31. The van der Waals surface area contributed by atoms with Crippen LogP contribution < -0.4 is 5.32 Å². The van der Waals surface area contributed by atoms with Crippen LogP contribution in [-0.4, -0.2) is 15.9 Å². The van der Waals surface area contributed by atoms with Crippen molar-refractivity contribution in [3.63, 3.8) is 0 Å². The molecule has 5 heteroatoms. The summed E-state index contributed by atoms with van der Waals surface area (Å²) >= 11 is 5.89. The predicted molar refractivity (Wildman–Crippen MR) is 78.9 cm³/mol. The molecule has 98 valence electrons. The zero-order chi connectivity index (χ0) is 13.9. The van der Waals surface area contributed by atoms with Crippen molar-refractivity contribution in [3.05, 3.63) is 65.6 Å². The van der Waals surface area contributed by atoms with Crippen LogP contribution in [0.3, 0.4) is 0 Å². The number of para-hydroxylation sites is 1. The van der Waals surface area contributed by atoms with E-state index in [2.05, 4.69) is 15.3 Å². The van der Waals surface area contributed by atoms with E-state index in [1.54, 1.807) is 36.5 Å². The van der Waals surface area contributed by atoms with E-state index >= 15 is 0 Å². The number of nitrogens with one attached hydrogen (secondary N) is 1. The predicted octanol–water partition coefficient (Wildman–Crippen LogP) is 3.54. The minimum Gasteiger partial charge on any atom is -0.319 e. The molecular weight excluding hydrogens is 274 g/mol. The van der Waals surface area contributed by atoms with Crippen LogP contribution >= 0.6 is 11.6 Å². The summed E-state index contributed by atoms with van der Waals surface area (Å²) in [5, 5.41) is 4.16. The Bertz CT molecular complexity index is 774. The van der Waals surface area contributed by atoms with E-state index in [1.165, 1.54) is 0 Å². The Morgan fingerprint density at radius 2 is 1.90 bits per heavy atom. The second kappa shape index (κ2) is 5.27. The van der Waals surface area contributed by atoms with Crippen LogP contribution in [-0.2, 0) is 0 Å². The zero-order valence-electron chi connectivity index (χ0n) is 10.4. The molecule has 1 N–H and O–H groups in total. The second-order valence-corrected chi connectivity index (χ2v) is 4.65. The number of hydrogen-bond acceptors (Lipinski definition) is 3. The molecule has 0 radical (unpaired) electrons. The molecular formula is C15H10ClN3O. The number of benzene rings is 2. The lowest BCUT2D eigenvalue weighted by atomic mass is 10.2. The van der Waals surface area contributed by atoms with Gasteiger partial charge in [0, 0.05) is 22.3 Å². The number of carbonyl (C=O) groups is 1. The van der Waals surface area contributed by atoms with Gasteiger partial charge in [-0.15, -0.1) is 0 Å². The van der Waals surface area contributed by atoms with Crippen LogP contribution in [0, 0.1) is 0 Å². The normalized spacial score (nSPS) is 10.4. The van der Waals surface area contributed by atoms with Gasteiger partial charge in [-0.05, 0) is 30.3 Å². The number of fused-ring (bicyclic) bond motifs is 1. The first-order valence-corrected chi connectivity index (χ1v) is 6.39. The molecule has 0 bridgehead atoms. The SMILES string of the molecule is O=C(Nc1ccccc1)c1ncc2cc(Cl)ccc2n1. The van der Waals surface area contributed by atoms with Gasteiger partial charge in [0.05, 0.1) is 5.52 Å². The van der Waals surface area contributed by atoms with Crippen molar-refractivity contribution in [2.75, 3.05) is 5.32 Å². The fourth-order valence-electron chi connectivity index (χ4n) is 1.82. The zero-order valence-corrected chi connectivity index (χ0v) is 11.1. The molecule has 0 spiro atoms. The van der Waals surface area contributed by atoms with E-state index in [0.717, 1.165) is 5.39 Å². The van der Waals surface area contributed by atoms with Crippen molar-refractivity contribution in [1.82, 2.24) is 9.97 Å². The highest BCUT2D eigenvalue weighted by Gasteiger charge is 2.10. The number of aromatic nitrogens is 2. The Kier molecular flexibility index (Phi) is 3.31. The monoisotopic (exact) mass is 283 g/mol. The first kappa shape index (κ1) is 12.6. The first-order valence-electron chi connectivity index (χ1n) is 6.01. The van der Waals surface area contributed by atoms with Crippen molar-refractivity contribution in [2.45, 2.75) is 0 Å². The number of halogens is 1. The van der Waals surface area contributed by atoms with Crippen LogP contribution in [0.5, 0.6) is 0 Å². The maximum Gasteiger partial charge on any atom is 0.293 e. The average molecular weight is 284 g/mol. The lowest BCUT2D eigenvalue weighted by Crippen LogP contribution is -2.15. The maximum atomic E-state index is 12.1. The molecule has 3 rings (SSSR count). The van der Waals surface area contributed by atoms with E-state index < -0.39 is 0 Å². The summed E-state index contributed by atoms with van der Waals surface area (Å²) in [6, 6.07) is 14.4. The van der Waals surface area contributed by atoms with Gasteiger partial charge in [0.2, 0.25) is 5.82 Å². The minimum absolute atomic E-state index is 0.128. The third kappa shape index (κ3) is 2.60. The lowest BCUT2D eigenvalue weighted by Gasteiger charge is -2.04. The lowest BCUT2D eigenvalue weighted by molar-refractivity contribution is 0.101. The summed E-state index contributed by atoms with van der Waals surface area (Å²) in [4.78, 5) is 20.4. The Morgan fingerprint density at radius 1 is 1.10 bits per heavy atom. The van der Waals surface area contributed by atoms with Crippen molar-refractivity contribution < 1.29 is 4.79 Å². The molecule has 1 aromatic heterocycles. The van der Waals surface area contributed by atoms with Crippen molar-refractivity contribution in [2.24, 2.45) is 0 Å². The van der Waals surface area contributed by atoms with E-state index in [9.17, 15) is 4.79 Å². The summed E-state index contributed by atoms with van der Waals surface area (Å²) in [5.74, 6) is -0.211. The number of anilines is 1. The molecule has 0 aliphatic heterocycles. The molecule has 1 amide bonds. The molecule has 0 unspecified atom stereocenters. The van der Waals surface area contributed by atoms with Crippen molar-refractivity contribution >= 4 is 34.1 Å². The summed E-state index contributed by atoms with van der Waals surface area (Å²) in [5.41, 5.74) is 1.39. The molecule has 20 heavy (non-hydrogen) atoms. The largest absolute Gasteiger partial charge is 0.319 e. The van der Waals surface area contributed by atoms with E-state index in [-0.39, 0.29) is 11.7 Å². The third-order valence-electron chi connectivity index (χ3n) is 2.78. The molecule has 0 saturated heterocycles.